The maximum absolute atomic E-state index is 5.19. The zero-order valence-corrected chi connectivity index (χ0v) is 9.20. The SMILES string of the molecule is COC(OC)c1cc2cc(C)ccc2[nH]1. The lowest BCUT2D eigenvalue weighted by Gasteiger charge is -2.10. The lowest BCUT2D eigenvalue weighted by molar-refractivity contribution is -0.108. The van der Waals surface area contributed by atoms with Crippen LogP contribution in [0, 0.1) is 6.92 Å². The number of ether oxygens (including phenoxy) is 2. The van der Waals surface area contributed by atoms with Crippen LogP contribution in [0.5, 0.6) is 0 Å². The molecule has 0 spiro atoms. The molecule has 2 aromatic rings. The molecule has 0 aliphatic carbocycles. The van der Waals surface area contributed by atoms with Crippen LogP contribution in [-0.4, -0.2) is 19.2 Å². The molecule has 3 nitrogen and oxygen atoms in total. The monoisotopic (exact) mass is 205 g/mol. The predicted octanol–water partition coefficient (Wildman–Crippen LogP) is 2.77. The van der Waals surface area contributed by atoms with Crippen molar-refractivity contribution < 1.29 is 9.47 Å². The highest BCUT2D eigenvalue weighted by Gasteiger charge is 2.11. The Balaban J connectivity index is 2.46. The Morgan fingerprint density at radius 1 is 1.13 bits per heavy atom. The van der Waals surface area contributed by atoms with Gasteiger partial charge in [0, 0.05) is 25.1 Å². The molecule has 0 aliphatic heterocycles. The van der Waals surface area contributed by atoms with E-state index in [2.05, 4.69) is 36.2 Å². The Labute approximate surface area is 89.0 Å². The van der Waals surface area contributed by atoms with Crippen molar-refractivity contribution in [1.82, 2.24) is 4.98 Å². The molecular formula is C12H15NO2. The van der Waals surface area contributed by atoms with Crippen molar-refractivity contribution in [2.75, 3.05) is 14.2 Å². The average Bonchev–Trinajstić information content (AvgIpc) is 2.62. The normalized spacial score (nSPS) is 11.5. The molecule has 1 aromatic heterocycles. The van der Waals surface area contributed by atoms with Gasteiger partial charge in [0.2, 0.25) is 0 Å². The molecule has 0 atom stereocenters. The van der Waals surface area contributed by atoms with Crippen molar-refractivity contribution in [1.29, 1.82) is 0 Å². The van der Waals surface area contributed by atoms with E-state index in [0.717, 1.165) is 11.2 Å². The topological polar surface area (TPSA) is 34.2 Å². The highest BCUT2D eigenvalue weighted by Crippen LogP contribution is 2.23. The summed E-state index contributed by atoms with van der Waals surface area (Å²) in [5, 5.41) is 1.18. The number of H-pyrrole nitrogens is 1. The van der Waals surface area contributed by atoms with Crippen LogP contribution in [0.15, 0.2) is 24.3 Å². The summed E-state index contributed by atoms with van der Waals surface area (Å²) in [6, 6.07) is 8.34. The van der Waals surface area contributed by atoms with Crippen LogP contribution in [0.25, 0.3) is 10.9 Å². The van der Waals surface area contributed by atoms with Crippen LogP contribution < -0.4 is 0 Å². The molecule has 1 aromatic carbocycles. The number of aryl methyl sites for hydroxylation is 1. The quantitative estimate of drug-likeness (QED) is 0.782. The highest BCUT2D eigenvalue weighted by atomic mass is 16.7. The Bertz CT molecular complexity index is 458. The molecule has 1 N–H and O–H groups in total. The first-order valence-corrected chi connectivity index (χ1v) is 4.89. The number of hydrogen-bond donors (Lipinski definition) is 1. The van der Waals surface area contributed by atoms with Crippen molar-refractivity contribution in [2.24, 2.45) is 0 Å². The van der Waals surface area contributed by atoms with Gasteiger partial charge < -0.3 is 14.5 Å². The van der Waals surface area contributed by atoms with Gasteiger partial charge in [-0.2, -0.15) is 0 Å². The van der Waals surface area contributed by atoms with Crippen LogP contribution in [0.3, 0.4) is 0 Å². The summed E-state index contributed by atoms with van der Waals surface area (Å²) >= 11 is 0. The van der Waals surface area contributed by atoms with Gasteiger partial charge in [-0.1, -0.05) is 11.6 Å². The highest BCUT2D eigenvalue weighted by molar-refractivity contribution is 5.81. The van der Waals surface area contributed by atoms with Gasteiger partial charge in [0.15, 0.2) is 6.29 Å². The van der Waals surface area contributed by atoms with Gasteiger partial charge in [0.25, 0.3) is 0 Å². The summed E-state index contributed by atoms with van der Waals surface area (Å²) in [7, 11) is 3.26. The molecule has 0 unspecified atom stereocenters. The third-order valence-electron chi connectivity index (χ3n) is 2.48. The van der Waals surface area contributed by atoms with Crippen molar-refractivity contribution in [3.8, 4) is 0 Å². The van der Waals surface area contributed by atoms with Gasteiger partial charge in [-0.15, -0.1) is 0 Å². The fourth-order valence-electron chi connectivity index (χ4n) is 1.75. The fraction of sp³-hybridized carbons (Fsp3) is 0.333. The number of methoxy groups -OCH3 is 2. The summed E-state index contributed by atoms with van der Waals surface area (Å²) in [6.45, 7) is 2.08. The average molecular weight is 205 g/mol. The second kappa shape index (κ2) is 4.04. The van der Waals surface area contributed by atoms with Crippen LogP contribution >= 0.6 is 0 Å². The second-order valence-electron chi connectivity index (χ2n) is 3.62. The first kappa shape index (κ1) is 10.2. The number of benzene rings is 1. The van der Waals surface area contributed by atoms with Gasteiger partial charge in [-0.25, -0.2) is 0 Å². The van der Waals surface area contributed by atoms with Crippen molar-refractivity contribution in [3.05, 3.63) is 35.5 Å². The maximum Gasteiger partial charge on any atom is 0.198 e. The molecule has 0 aliphatic rings. The lowest BCUT2D eigenvalue weighted by atomic mass is 10.2. The minimum atomic E-state index is -0.322. The predicted molar refractivity (Wildman–Crippen MR) is 59.8 cm³/mol. The first-order valence-electron chi connectivity index (χ1n) is 4.89. The van der Waals surface area contributed by atoms with Crippen LogP contribution in [0.2, 0.25) is 0 Å². The molecule has 0 bridgehead atoms. The van der Waals surface area contributed by atoms with Gasteiger partial charge in [0.05, 0.1) is 5.69 Å². The molecule has 0 amide bonds. The molecular weight excluding hydrogens is 190 g/mol. The number of aromatic nitrogens is 1. The molecule has 0 radical (unpaired) electrons. The van der Waals surface area contributed by atoms with Crippen LogP contribution in [0.1, 0.15) is 17.5 Å². The maximum atomic E-state index is 5.19. The van der Waals surface area contributed by atoms with E-state index in [0.29, 0.717) is 0 Å². The standard InChI is InChI=1S/C12H15NO2/c1-8-4-5-10-9(6-8)7-11(13-10)12(14-2)15-3/h4-7,12-13H,1-3H3. The summed E-state index contributed by atoms with van der Waals surface area (Å²) in [5.74, 6) is 0. The summed E-state index contributed by atoms with van der Waals surface area (Å²) in [6.07, 6.45) is -0.322. The first-order chi connectivity index (χ1) is 7.24. The molecule has 0 saturated heterocycles. The molecule has 80 valence electrons. The van der Waals surface area contributed by atoms with E-state index >= 15 is 0 Å². The molecule has 3 heteroatoms. The largest absolute Gasteiger partial charge is 0.354 e. The lowest BCUT2D eigenvalue weighted by Crippen LogP contribution is -2.03. The van der Waals surface area contributed by atoms with Crippen molar-refractivity contribution >= 4 is 10.9 Å². The second-order valence-corrected chi connectivity index (χ2v) is 3.62. The molecule has 0 saturated carbocycles. The minimum Gasteiger partial charge on any atom is -0.354 e. The zero-order valence-electron chi connectivity index (χ0n) is 9.20. The van der Waals surface area contributed by atoms with Crippen LogP contribution in [-0.2, 0) is 9.47 Å². The number of hydrogen-bond acceptors (Lipinski definition) is 2. The third-order valence-corrected chi connectivity index (χ3v) is 2.48. The van der Waals surface area contributed by atoms with Crippen LogP contribution in [0.4, 0.5) is 0 Å². The summed E-state index contributed by atoms with van der Waals surface area (Å²) < 4.78 is 10.4. The molecule has 1 heterocycles. The smallest absolute Gasteiger partial charge is 0.198 e. The Morgan fingerprint density at radius 3 is 2.53 bits per heavy atom. The Hall–Kier alpha value is -1.32. The van der Waals surface area contributed by atoms with Gasteiger partial charge in [-0.3, -0.25) is 0 Å². The van der Waals surface area contributed by atoms with E-state index < -0.39 is 0 Å². The third kappa shape index (κ3) is 1.89. The van der Waals surface area contributed by atoms with E-state index in [1.54, 1.807) is 14.2 Å². The van der Waals surface area contributed by atoms with E-state index in [4.69, 9.17) is 9.47 Å². The zero-order chi connectivity index (χ0) is 10.8. The number of nitrogens with one attached hydrogen (secondary N) is 1. The van der Waals surface area contributed by atoms with E-state index in [1.165, 1.54) is 10.9 Å². The Morgan fingerprint density at radius 2 is 1.87 bits per heavy atom. The van der Waals surface area contributed by atoms with Crippen molar-refractivity contribution in [3.63, 3.8) is 0 Å². The molecule has 2 rings (SSSR count). The number of fused-ring (bicyclic) bond motifs is 1. The van der Waals surface area contributed by atoms with Gasteiger partial charge in [0.1, 0.15) is 0 Å². The molecule has 0 fully saturated rings. The number of rotatable bonds is 3. The molecule has 15 heavy (non-hydrogen) atoms. The van der Waals surface area contributed by atoms with Gasteiger partial charge >= 0.3 is 0 Å². The summed E-state index contributed by atoms with van der Waals surface area (Å²) in [4.78, 5) is 3.27. The van der Waals surface area contributed by atoms with E-state index in [-0.39, 0.29) is 6.29 Å². The van der Waals surface area contributed by atoms with Gasteiger partial charge in [-0.05, 0) is 25.1 Å². The minimum absolute atomic E-state index is 0.322. The fourth-order valence-corrected chi connectivity index (χ4v) is 1.75. The van der Waals surface area contributed by atoms with Crippen molar-refractivity contribution in [2.45, 2.75) is 13.2 Å². The van der Waals surface area contributed by atoms with E-state index in [1.807, 2.05) is 0 Å². The van der Waals surface area contributed by atoms with E-state index in [9.17, 15) is 0 Å². The number of aromatic amines is 1. The Kier molecular flexibility index (Phi) is 2.75. The summed E-state index contributed by atoms with van der Waals surface area (Å²) in [5.41, 5.74) is 3.30.